The van der Waals surface area contributed by atoms with E-state index in [1.165, 1.54) is 41.5 Å². The zero-order valence-electron chi connectivity index (χ0n) is 12.4. The zero-order valence-corrected chi connectivity index (χ0v) is 14.0. The SMILES string of the molecule is CCNC1CCCC(Cc2c(Br)c(CC)nn2C)C1. The number of nitrogens with one attached hydrogen (secondary N) is 1. The molecule has 0 spiro atoms. The fourth-order valence-corrected chi connectivity index (χ4v) is 4.04. The summed E-state index contributed by atoms with van der Waals surface area (Å²) in [5, 5.41) is 8.22. The van der Waals surface area contributed by atoms with Gasteiger partial charge < -0.3 is 5.32 Å². The molecular weight excluding hydrogens is 302 g/mol. The van der Waals surface area contributed by atoms with Crippen molar-refractivity contribution in [3.05, 3.63) is 15.9 Å². The van der Waals surface area contributed by atoms with Crippen LogP contribution in [0.15, 0.2) is 4.47 Å². The third-order valence-corrected chi connectivity index (χ3v) is 5.18. The highest BCUT2D eigenvalue weighted by Crippen LogP contribution is 2.31. The van der Waals surface area contributed by atoms with Gasteiger partial charge in [0.2, 0.25) is 0 Å². The second-order valence-electron chi connectivity index (χ2n) is 5.68. The van der Waals surface area contributed by atoms with Crippen molar-refractivity contribution in [2.75, 3.05) is 6.54 Å². The maximum atomic E-state index is 4.60. The van der Waals surface area contributed by atoms with Crippen LogP contribution in [0, 0.1) is 5.92 Å². The van der Waals surface area contributed by atoms with Crippen molar-refractivity contribution >= 4 is 15.9 Å². The first-order valence-electron chi connectivity index (χ1n) is 7.59. The summed E-state index contributed by atoms with van der Waals surface area (Å²) in [7, 11) is 2.07. The molecule has 0 bridgehead atoms. The van der Waals surface area contributed by atoms with Crippen LogP contribution in [0.5, 0.6) is 0 Å². The van der Waals surface area contributed by atoms with E-state index in [1.807, 2.05) is 0 Å². The second kappa shape index (κ2) is 6.89. The van der Waals surface area contributed by atoms with Crippen molar-refractivity contribution in [2.24, 2.45) is 13.0 Å². The zero-order chi connectivity index (χ0) is 13.8. The Labute approximate surface area is 125 Å². The molecule has 1 aliphatic rings. The van der Waals surface area contributed by atoms with Crippen molar-refractivity contribution in [1.82, 2.24) is 15.1 Å². The van der Waals surface area contributed by atoms with Gasteiger partial charge in [-0.15, -0.1) is 0 Å². The van der Waals surface area contributed by atoms with Crippen molar-refractivity contribution in [3.63, 3.8) is 0 Å². The lowest BCUT2D eigenvalue weighted by Gasteiger charge is -2.29. The minimum absolute atomic E-state index is 0.724. The molecule has 19 heavy (non-hydrogen) atoms. The summed E-state index contributed by atoms with van der Waals surface area (Å²) in [6, 6.07) is 0.724. The number of aryl methyl sites for hydroxylation is 2. The maximum Gasteiger partial charge on any atom is 0.0766 e. The molecule has 1 aromatic heterocycles. The minimum Gasteiger partial charge on any atom is -0.314 e. The van der Waals surface area contributed by atoms with Gasteiger partial charge in [0.25, 0.3) is 0 Å². The number of hydrogen-bond acceptors (Lipinski definition) is 2. The molecule has 1 aliphatic carbocycles. The van der Waals surface area contributed by atoms with Gasteiger partial charge in [0.1, 0.15) is 0 Å². The van der Waals surface area contributed by atoms with Gasteiger partial charge in [0, 0.05) is 13.1 Å². The fourth-order valence-electron chi connectivity index (χ4n) is 3.27. The molecule has 2 atom stereocenters. The first-order chi connectivity index (χ1) is 9.15. The molecule has 108 valence electrons. The van der Waals surface area contributed by atoms with Crippen LogP contribution in [0.4, 0.5) is 0 Å². The third-order valence-electron chi connectivity index (χ3n) is 4.26. The maximum absolute atomic E-state index is 4.60. The third kappa shape index (κ3) is 3.60. The highest BCUT2D eigenvalue weighted by molar-refractivity contribution is 9.10. The molecule has 1 N–H and O–H groups in total. The van der Waals surface area contributed by atoms with E-state index in [1.54, 1.807) is 0 Å². The Bertz CT molecular complexity index is 412. The van der Waals surface area contributed by atoms with E-state index < -0.39 is 0 Å². The second-order valence-corrected chi connectivity index (χ2v) is 6.47. The van der Waals surface area contributed by atoms with Gasteiger partial charge in [0.05, 0.1) is 15.9 Å². The topological polar surface area (TPSA) is 29.9 Å². The van der Waals surface area contributed by atoms with Crippen molar-refractivity contribution in [2.45, 2.75) is 58.4 Å². The van der Waals surface area contributed by atoms with Gasteiger partial charge in [-0.2, -0.15) is 5.10 Å². The summed E-state index contributed by atoms with van der Waals surface area (Å²) in [5.41, 5.74) is 2.57. The molecule has 2 unspecified atom stereocenters. The van der Waals surface area contributed by atoms with Gasteiger partial charge in [-0.1, -0.05) is 20.3 Å². The number of aromatic nitrogens is 2. The molecule has 0 radical (unpaired) electrons. The van der Waals surface area contributed by atoms with Crippen LogP contribution in [0.2, 0.25) is 0 Å². The van der Waals surface area contributed by atoms with E-state index in [9.17, 15) is 0 Å². The van der Waals surface area contributed by atoms with E-state index in [-0.39, 0.29) is 0 Å². The Kier molecular flexibility index (Phi) is 5.46. The lowest BCUT2D eigenvalue weighted by atomic mass is 9.83. The average molecular weight is 328 g/mol. The predicted octanol–water partition coefficient (Wildman–Crippen LogP) is 3.46. The van der Waals surface area contributed by atoms with Gasteiger partial charge in [-0.05, 0) is 60.5 Å². The van der Waals surface area contributed by atoms with Gasteiger partial charge >= 0.3 is 0 Å². The summed E-state index contributed by atoms with van der Waals surface area (Å²) >= 11 is 3.74. The Morgan fingerprint density at radius 3 is 2.79 bits per heavy atom. The Hall–Kier alpha value is -0.350. The first-order valence-corrected chi connectivity index (χ1v) is 8.38. The van der Waals surface area contributed by atoms with Gasteiger partial charge in [-0.25, -0.2) is 0 Å². The Morgan fingerprint density at radius 2 is 2.16 bits per heavy atom. The van der Waals surface area contributed by atoms with Crippen LogP contribution in [-0.2, 0) is 19.9 Å². The molecule has 3 nitrogen and oxygen atoms in total. The largest absolute Gasteiger partial charge is 0.314 e. The van der Waals surface area contributed by atoms with Crippen molar-refractivity contribution in [3.8, 4) is 0 Å². The summed E-state index contributed by atoms with van der Waals surface area (Å²) in [4.78, 5) is 0. The van der Waals surface area contributed by atoms with Gasteiger partial charge in [-0.3, -0.25) is 4.68 Å². The Morgan fingerprint density at radius 1 is 1.37 bits per heavy atom. The van der Waals surface area contributed by atoms with E-state index in [2.05, 4.69) is 51.9 Å². The van der Waals surface area contributed by atoms with Crippen LogP contribution in [0.25, 0.3) is 0 Å². The molecule has 4 heteroatoms. The van der Waals surface area contributed by atoms with Crippen LogP contribution in [0.1, 0.15) is 50.9 Å². The van der Waals surface area contributed by atoms with Crippen LogP contribution in [-0.4, -0.2) is 22.4 Å². The van der Waals surface area contributed by atoms with Crippen LogP contribution in [0.3, 0.4) is 0 Å². The minimum atomic E-state index is 0.724. The highest BCUT2D eigenvalue weighted by atomic mass is 79.9. The quantitative estimate of drug-likeness (QED) is 0.897. The highest BCUT2D eigenvalue weighted by Gasteiger charge is 2.24. The van der Waals surface area contributed by atoms with E-state index >= 15 is 0 Å². The molecule has 1 aromatic rings. The molecule has 0 aromatic carbocycles. The number of rotatable bonds is 5. The molecule has 0 aliphatic heterocycles. The standard InChI is InChI=1S/C15H26BrN3/c1-4-13-15(16)14(19(3)18-13)10-11-7-6-8-12(9-11)17-5-2/h11-12,17H,4-10H2,1-3H3. The monoisotopic (exact) mass is 327 g/mol. The molecule has 2 rings (SSSR count). The predicted molar refractivity (Wildman–Crippen MR) is 83.4 cm³/mol. The normalized spacial score (nSPS) is 23.8. The number of halogens is 1. The van der Waals surface area contributed by atoms with Crippen LogP contribution < -0.4 is 5.32 Å². The summed E-state index contributed by atoms with van der Waals surface area (Å²) in [6.07, 6.45) is 7.54. The molecule has 1 heterocycles. The van der Waals surface area contributed by atoms with E-state index in [0.29, 0.717) is 0 Å². The van der Waals surface area contributed by atoms with Crippen LogP contribution >= 0.6 is 15.9 Å². The Balaban J connectivity index is 2.02. The number of hydrogen-bond donors (Lipinski definition) is 1. The lowest BCUT2D eigenvalue weighted by molar-refractivity contribution is 0.283. The first kappa shape index (κ1) is 15.0. The summed E-state index contributed by atoms with van der Waals surface area (Å²) in [6.45, 7) is 5.46. The fraction of sp³-hybridized carbons (Fsp3) is 0.800. The molecule has 1 saturated carbocycles. The van der Waals surface area contributed by atoms with Crippen molar-refractivity contribution in [1.29, 1.82) is 0 Å². The summed E-state index contributed by atoms with van der Waals surface area (Å²) < 4.78 is 3.31. The van der Waals surface area contributed by atoms with Crippen molar-refractivity contribution < 1.29 is 0 Å². The van der Waals surface area contributed by atoms with E-state index in [0.717, 1.165) is 31.3 Å². The lowest BCUT2D eigenvalue weighted by Crippen LogP contribution is -2.34. The number of nitrogens with zero attached hydrogens (tertiary/aromatic N) is 2. The molecule has 1 fully saturated rings. The molecule has 0 amide bonds. The van der Waals surface area contributed by atoms with Gasteiger partial charge in [0.15, 0.2) is 0 Å². The van der Waals surface area contributed by atoms with E-state index in [4.69, 9.17) is 0 Å². The smallest absolute Gasteiger partial charge is 0.0766 e. The molecule has 0 saturated heterocycles. The average Bonchev–Trinajstić information content (AvgIpc) is 2.67. The molecular formula is C15H26BrN3. The summed E-state index contributed by atoms with van der Waals surface area (Å²) in [5.74, 6) is 0.800.